The van der Waals surface area contributed by atoms with Crippen LogP contribution in [0.25, 0.3) is 11.1 Å². The second-order valence-electron chi connectivity index (χ2n) is 5.11. The summed E-state index contributed by atoms with van der Waals surface area (Å²) in [7, 11) is 1.33. The Morgan fingerprint density at radius 1 is 1.36 bits per heavy atom. The van der Waals surface area contributed by atoms with Crippen LogP contribution in [0.15, 0.2) is 40.2 Å². The Balaban J connectivity index is 2.31. The van der Waals surface area contributed by atoms with E-state index in [-0.39, 0.29) is 11.2 Å². The highest BCUT2D eigenvalue weighted by Gasteiger charge is 2.34. The molecule has 2 N–H and O–H groups in total. The van der Waals surface area contributed by atoms with Gasteiger partial charge in [0.05, 0.1) is 12.1 Å². The summed E-state index contributed by atoms with van der Waals surface area (Å²) in [5, 5.41) is 0.776. The third-order valence-electron chi connectivity index (χ3n) is 3.89. The predicted octanol–water partition coefficient (Wildman–Crippen LogP) is 2.23. The van der Waals surface area contributed by atoms with Gasteiger partial charge in [-0.25, -0.2) is 4.79 Å². The van der Waals surface area contributed by atoms with Crippen molar-refractivity contribution in [3.05, 3.63) is 46.2 Å². The minimum absolute atomic E-state index is 0.180. The molecular weight excluding hydrogens is 300 g/mol. The van der Waals surface area contributed by atoms with Crippen molar-refractivity contribution in [3.63, 3.8) is 0 Å². The van der Waals surface area contributed by atoms with Gasteiger partial charge in [-0.1, -0.05) is 30.3 Å². The molecule has 1 atom stereocenters. The molecule has 3 rings (SSSR count). The highest BCUT2D eigenvalue weighted by molar-refractivity contribution is 7.99. The van der Waals surface area contributed by atoms with Crippen molar-refractivity contribution in [2.45, 2.75) is 18.0 Å². The van der Waals surface area contributed by atoms with Gasteiger partial charge >= 0.3 is 5.97 Å². The van der Waals surface area contributed by atoms with Crippen LogP contribution < -0.4 is 11.3 Å². The number of rotatable bonds is 2. The van der Waals surface area contributed by atoms with Crippen molar-refractivity contribution < 1.29 is 9.53 Å². The Kier molecular flexibility index (Phi) is 3.70. The van der Waals surface area contributed by atoms with Crippen molar-refractivity contribution in [3.8, 4) is 11.1 Å². The number of hydrogen-bond donors (Lipinski definition) is 1. The lowest BCUT2D eigenvalue weighted by Gasteiger charge is -2.17. The number of carbonyl (C=O) groups is 1. The van der Waals surface area contributed by atoms with Gasteiger partial charge in [-0.2, -0.15) is 0 Å². The monoisotopic (exact) mass is 316 g/mol. The number of esters is 1. The minimum atomic E-state index is -0.622. The molecular formula is C16H16N2O3S. The number of thioether (sulfide) groups is 1. The van der Waals surface area contributed by atoms with Crippen molar-refractivity contribution in [1.82, 2.24) is 4.57 Å². The number of ether oxygens (including phenoxy) is 1. The molecule has 0 spiro atoms. The lowest BCUT2D eigenvalue weighted by Crippen LogP contribution is -2.31. The Hall–Kier alpha value is -2.21. The van der Waals surface area contributed by atoms with E-state index >= 15 is 0 Å². The highest BCUT2D eigenvalue weighted by Crippen LogP contribution is 2.42. The molecule has 2 aromatic rings. The van der Waals surface area contributed by atoms with Crippen molar-refractivity contribution >= 4 is 23.4 Å². The summed E-state index contributed by atoms with van der Waals surface area (Å²) in [5.41, 5.74) is 8.50. The van der Waals surface area contributed by atoms with Crippen LogP contribution in [0.4, 0.5) is 5.69 Å². The summed E-state index contributed by atoms with van der Waals surface area (Å²) in [6.07, 6.45) is 0. The first-order chi connectivity index (χ1) is 10.6. The van der Waals surface area contributed by atoms with Crippen LogP contribution in [0.5, 0.6) is 0 Å². The molecule has 0 fully saturated rings. The first-order valence-electron chi connectivity index (χ1n) is 6.87. The van der Waals surface area contributed by atoms with E-state index in [1.807, 2.05) is 37.3 Å². The molecule has 1 aromatic heterocycles. The molecule has 0 amide bonds. The molecule has 1 aliphatic rings. The molecule has 0 aliphatic carbocycles. The number of methoxy groups -OCH3 is 1. The maximum atomic E-state index is 12.5. The van der Waals surface area contributed by atoms with Crippen LogP contribution >= 0.6 is 11.8 Å². The van der Waals surface area contributed by atoms with E-state index in [4.69, 9.17) is 10.5 Å². The summed E-state index contributed by atoms with van der Waals surface area (Å²) in [6, 6.07) is 9.12. The third kappa shape index (κ3) is 2.11. The SMILES string of the molecule is COC(=O)[C@@H]1CSc2c(-c3ccccc3)c(C)c(N)c(=O)n21. The smallest absolute Gasteiger partial charge is 0.329 e. The van der Waals surface area contributed by atoms with Crippen molar-refractivity contribution in [2.75, 3.05) is 18.6 Å². The van der Waals surface area contributed by atoms with E-state index < -0.39 is 12.0 Å². The Labute approximate surface area is 132 Å². The summed E-state index contributed by atoms with van der Waals surface area (Å²) < 4.78 is 6.28. The number of fused-ring (bicyclic) bond motifs is 1. The number of hydrogen-bond acceptors (Lipinski definition) is 5. The number of pyridine rings is 1. The lowest BCUT2D eigenvalue weighted by molar-refractivity contribution is -0.143. The minimum Gasteiger partial charge on any atom is -0.467 e. The topological polar surface area (TPSA) is 74.3 Å². The number of carbonyl (C=O) groups excluding carboxylic acids is 1. The first kappa shape index (κ1) is 14.7. The Morgan fingerprint density at radius 2 is 2.05 bits per heavy atom. The van der Waals surface area contributed by atoms with Crippen LogP contribution in [0.1, 0.15) is 11.6 Å². The number of nitrogens with two attached hydrogens (primary N) is 1. The molecule has 2 heterocycles. The second-order valence-corrected chi connectivity index (χ2v) is 6.12. The van der Waals surface area contributed by atoms with E-state index in [0.717, 1.165) is 21.7 Å². The van der Waals surface area contributed by atoms with Gasteiger partial charge in [0.2, 0.25) is 0 Å². The van der Waals surface area contributed by atoms with Gasteiger partial charge in [0.25, 0.3) is 5.56 Å². The zero-order valence-electron chi connectivity index (χ0n) is 12.3. The van der Waals surface area contributed by atoms with Crippen LogP contribution in [0, 0.1) is 6.92 Å². The number of nitrogens with zero attached hydrogens (tertiary/aromatic N) is 1. The molecule has 0 saturated carbocycles. The second kappa shape index (κ2) is 5.53. The van der Waals surface area contributed by atoms with Gasteiger partial charge in [0.15, 0.2) is 0 Å². The number of anilines is 1. The molecule has 0 unspecified atom stereocenters. The summed E-state index contributed by atoms with van der Waals surface area (Å²) in [6.45, 7) is 1.84. The average molecular weight is 316 g/mol. The fourth-order valence-electron chi connectivity index (χ4n) is 2.71. The van der Waals surface area contributed by atoms with Gasteiger partial charge in [-0.05, 0) is 18.1 Å². The van der Waals surface area contributed by atoms with Gasteiger partial charge < -0.3 is 10.5 Å². The molecule has 22 heavy (non-hydrogen) atoms. The van der Waals surface area contributed by atoms with Crippen molar-refractivity contribution in [1.29, 1.82) is 0 Å². The maximum Gasteiger partial charge on any atom is 0.329 e. The molecule has 114 valence electrons. The van der Waals surface area contributed by atoms with E-state index in [1.54, 1.807) is 0 Å². The third-order valence-corrected chi connectivity index (χ3v) is 5.04. The van der Waals surface area contributed by atoms with E-state index in [1.165, 1.54) is 23.4 Å². The average Bonchev–Trinajstić information content (AvgIpc) is 2.98. The Morgan fingerprint density at radius 3 is 2.68 bits per heavy atom. The van der Waals surface area contributed by atoms with Crippen LogP contribution in [0.3, 0.4) is 0 Å². The fourth-order valence-corrected chi connectivity index (χ4v) is 4.07. The largest absolute Gasteiger partial charge is 0.467 e. The van der Waals surface area contributed by atoms with Crippen molar-refractivity contribution in [2.24, 2.45) is 0 Å². The molecule has 5 nitrogen and oxygen atoms in total. The van der Waals surface area contributed by atoms with Crippen LogP contribution in [-0.4, -0.2) is 23.4 Å². The van der Waals surface area contributed by atoms with E-state index in [9.17, 15) is 9.59 Å². The van der Waals surface area contributed by atoms with E-state index in [0.29, 0.717) is 5.75 Å². The first-order valence-corrected chi connectivity index (χ1v) is 7.85. The molecule has 0 radical (unpaired) electrons. The molecule has 1 aromatic carbocycles. The zero-order chi connectivity index (χ0) is 15.9. The molecule has 1 aliphatic heterocycles. The number of nitrogen functional groups attached to an aromatic ring is 1. The number of aromatic nitrogens is 1. The Bertz CT molecular complexity index is 799. The zero-order valence-corrected chi connectivity index (χ0v) is 13.1. The lowest BCUT2D eigenvalue weighted by atomic mass is 10.0. The van der Waals surface area contributed by atoms with E-state index in [2.05, 4.69) is 0 Å². The number of benzene rings is 1. The molecule has 0 bridgehead atoms. The van der Waals surface area contributed by atoms with Crippen LogP contribution in [0.2, 0.25) is 0 Å². The maximum absolute atomic E-state index is 12.5. The van der Waals surface area contributed by atoms with Gasteiger partial charge in [-0.3, -0.25) is 9.36 Å². The standard InChI is InChI=1S/C16H16N2O3S/c1-9-12(10-6-4-3-5-7-10)15-18(14(19)13(9)17)11(8-22-15)16(20)21-2/h3-7,11H,8,17H2,1-2H3/t11-/m0/s1. The normalized spacial score (nSPS) is 16.4. The summed E-state index contributed by atoms with van der Waals surface area (Å²) >= 11 is 1.48. The van der Waals surface area contributed by atoms with Gasteiger partial charge in [0, 0.05) is 11.3 Å². The predicted molar refractivity (Wildman–Crippen MR) is 87.1 cm³/mol. The van der Waals surface area contributed by atoms with Crippen LogP contribution in [-0.2, 0) is 9.53 Å². The summed E-state index contributed by atoms with van der Waals surface area (Å²) in [5.74, 6) is 0.0561. The molecule has 6 heteroatoms. The molecule has 0 saturated heterocycles. The van der Waals surface area contributed by atoms with Gasteiger partial charge in [0.1, 0.15) is 11.7 Å². The fraction of sp³-hybridized carbons (Fsp3) is 0.250. The summed E-state index contributed by atoms with van der Waals surface area (Å²) in [4.78, 5) is 24.4. The quantitative estimate of drug-likeness (QED) is 0.860. The highest BCUT2D eigenvalue weighted by atomic mass is 32.2. The van der Waals surface area contributed by atoms with Gasteiger partial charge in [-0.15, -0.1) is 11.8 Å².